The molecule has 1 saturated carbocycles. The van der Waals surface area contributed by atoms with Crippen molar-refractivity contribution >= 4 is 11.8 Å². The molecule has 0 aliphatic heterocycles. The van der Waals surface area contributed by atoms with Crippen LogP contribution in [0.3, 0.4) is 0 Å². The Hall–Kier alpha value is 0.270. The summed E-state index contributed by atoms with van der Waals surface area (Å²) in [4.78, 5) is 2.49. The van der Waals surface area contributed by atoms with Gasteiger partial charge in [-0.1, -0.05) is 19.3 Å². The topological polar surface area (TPSA) is 29.3 Å². The first kappa shape index (κ1) is 15.3. The molecule has 102 valence electrons. The van der Waals surface area contributed by atoms with Crippen molar-refractivity contribution in [3.8, 4) is 0 Å². The van der Waals surface area contributed by atoms with Gasteiger partial charge in [0.05, 0.1) is 0 Å². The molecule has 1 rings (SSSR count). The van der Waals surface area contributed by atoms with Crippen LogP contribution in [0.1, 0.15) is 44.9 Å². The molecule has 0 amide bonds. The van der Waals surface area contributed by atoms with E-state index in [9.17, 15) is 0 Å². The maximum absolute atomic E-state index is 6.02. The lowest BCUT2D eigenvalue weighted by molar-refractivity contribution is 0.156. The highest BCUT2D eigenvalue weighted by atomic mass is 32.2. The van der Waals surface area contributed by atoms with Gasteiger partial charge in [0.25, 0.3) is 0 Å². The van der Waals surface area contributed by atoms with Crippen molar-refractivity contribution in [2.24, 2.45) is 11.1 Å². The van der Waals surface area contributed by atoms with E-state index < -0.39 is 0 Å². The van der Waals surface area contributed by atoms with Gasteiger partial charge in [-0.15, -0.1) is 0 Å². The van der Waals surface area contributed by atoms with Crippen molar-refractivity contribution in [1.29, 1.82) is 0 Å². The maximum atomic E-state index is 6.02. The Bertz CT molecular complexity index is 191. The van der Waals surface area contributed by atoms with Gasteiger partial charge in [-0.2, -0.15) is 11.8 Å². The fourth-order valence-corrected chi connectivity index (χ4v) is 3.29. The molecule has 1 fully saturated rings. The Morgan fingerprint density at radius 3 is 2.47 bits per heavy atom. The molecule has 0 heterocycles. The predicted molar refractivity (Wildman–Crippen MR) is 79.7 cm³/mol. The van der Waals surface area contributed by atoms with Crippen LogP contribution in [0.25, 0.3) is 0 Å². The average molecular weight is 258 g/mol. The molecule has 0 spiro atoms. The lowest BCUT2D eigenvalue weighted by Gasteiger charge is -2.37. The summed E-state index contributed by atoms with van der Waals surface area (Å²) in [5, 5.41) is 0. The Morgan fingerprint density at radius 2 is 1.88 bits per heavy atom. The summed E-state index contributed by atoms with van der Waals surface area (Å²) in [5.41, 5.74) is 6.50. The van der Waals surface area contributed by atoms with E-state index in [1.807, 2.05) is 11.8 Å². The van der Waals surface area contributed by atoms with Gasteiger partial charge < -0.3 is 10.6 Å². The molecule has 1 aliphatic carbocycles. The molecule has 2 nitrogen and oxygen atoms in total. The van der Waals surface area contributed by atoms with Gasteiger partial charge in [0, 0.05) is 0 Å². The largest absolute Gasteiger partial charge is 0.330 e. The second-order valence-corrected chi connectivity index (χ2v) is 6.65. The van der Waals surface area contributed by atoms with Crippen LogP contribution >= 0.6 is 11.8 Å². The third-order valence-corrected chi connectivity index (χ3v) is 4.96. The first-order chi connectivity index (χ1) is 8.22. The number of nitrogens with zero attached hydrogens (tertiary/aromatic N) is 1. The van der Waals surface area contributed by atoms with Crippen molar-refractivity contribution in [2.75, 3.05) is 38.7 Å². The van der Waals surface area contributed by atoms with Crippen LogP contribution in [0, 0.1) is 5.41 Å². The molecule has 0 atom stereocenters. The minimum absolute atomic E-state index is 0.478. The molecule has 3 heteroatoms. The Balaban J connectivity index is 2.21. The molecule has 0 saturated heterocycles. The minimum Gasteiger partial charge on any atom is -0.330 e. The van der Waals surface area contributed by atoms with E-state index in [2.05, 4.69) is 18.2 Å². The SMILES string of the molecule is CSCCCN(C)CCC1(CN)CCCCC1. The van der Waals surface area contributed by atoms with Crippen LogP contribution in [0.4, 0.5) is 0 Å². The zero-order valence-electron chi connectivity index (χ0n) is 11.7. The monoisotopic (exact) mass is 258 g/mol. The van der Waals surface area contributed by atoms with Crippen molar-refractivity contribution in [2.45, 2.75) is 44.9 Å². The van der Waals surface area contributed by atoms with Gasteiger partial charge >= 0.3 is 0 Å². The molecular weight excluding hydrogens is 228 g/mol. The fourth-order valence-electron chi connectivity index (χ4n) is 2.88. The molecule has 17 heavy (non-hydrogen) atoms. The number of hydrogen-bond donors (Lipinski definition) is 1. The highest BCUT2D eigenvalue weighted by molar-refractivity contribution is 7.98. The summed E-state index contributed by atoms with van der Waals surface area (Å²) in [6.45, 7) is 3.36. The van der Waals surface area contributed by atoms with Crippen LogP contribution in [-0.2, 0) is 0 Å². The summed E-state index contributed by atoms with van der Waals surface area (Å²) in [6, 6.07) is 0. The van der Waals surface area contributed by atoms with Crippen LogP contribution in [0.2, 0.25) is 0 Å². The predicted octanol–water partition coefficient (Wildman–Crippen LogP) is 2.97. The van der Waals surface area contributed by atoms with Crippen molar-refractivity contribution in [3.63, 3.8) is 0 Å². The Morgan fingerprint density at radius 1 is 1.18 bits per heavy atom. The lowest BCUT2D eigenvalue weighted by atomic mass is 9.72. The second kappa shape index (κ2) is 8.39. The standard InChI is InChI=1S/C14H30N2S/c1-16(10-6-12-17-2)11-9-14(13-15)7-4-3-5-8-14/h3-13,15H2,1-2H3. The molecule has 0 aromatic rings. The zero-order chi connectivity index (χ0) is 12.6. The quantitative estimate of drug-likeness (QED) is 0.679. The summed E-state index contributed by atoms with van der Waals surface area (Å²) in [5.74, 6) is 1.28. The van der Waals surface area contributed by atoms with Gasteiger partial charge in [0.2, 0.25) is 0 Å². The first-order valence-electron chi connectivity index (χ1n) is 7.10. The van der Waals surface area contributed by atoms with E-state index in [0.29, 0.717) is 5.41 Å². The van der Waals surface area contributed by atoms with Gasteiger partial charge in [-0.25, -0.2) is 0 Å². The van der Waals surface area contributed by atoms with Gasteiger partial charge in [0.15, 0.2) is 0 Å². The number of thioether (sulfide) groups is 1. The average Bonchev–Trinajstić information content (AvgIpc) is 2.38. The molecule has 0 bridgehead atoms. The van der Waals surface area contributed by atoms with E-state index in [4.69, 9.17) is 5.73 Å². The summed E-state index contributed by atoms with van der Waals surface area (Å²) >= 11 is 1.95. The molecule has 0 aromatic carbocycles. The van der Waals surface area contributed by atoms with Gasteiger partial charge in [0.1, 0.15) is 0 Å². The summed E-state index contributed by atoms with van der Waals surface area (Å²) in [6.07, 6.45) is 11.7. The first-order valence-corrected chi connectivity index (χ1v) is 8.49. The molecule has 2 N–H and O–H groups in total. The second-order valence-electron chi connectivity index (χ2n) is 5.66. The van der Waals surface area contributed by atoms with Crippen molar-refractivity contribution in [1.82, 2.24) is 4.90 Å². The van der Waals surface area contributed by atoms with Crippen LogP contribution in [0.15, 0.2) is 0 Å². The van der Waals surface area contributed by atoms with Crippen LogP contribution < -0.4 is 5.73 Å². The van der Waals surface area contributed by atoms with Crippen LogP contribution in [-0.4, -0.2) is 43.6 Å². The van der Waals surface area contributed by atoms with E-state index in [1.54, 1.807) is 0 Å². The van der Waals surface area contributed by atoms with E-state index in [0.717, 1.165) is 6.54 Å². The smallest absolute Gasteiger partial charge is 0.00139 e. The van der Waals surface area contributed by atoms with Crippen molar-refractivity contribution < 1.29 is 0 Å². The summed E-state index contributed by atoms with van der Waals surface area (Å²) < 4.78 is 0. The minimum atomic E-state index is 0.478. The molecular formula is C14H30N2S. The van der Waals surface area contributed by atoms with Crippen LogP contribution in [0.5, 0.6) is 0 Å². The lowest BCUT2D eigenvalue weighted by Crippen LogP contribution is -2.36. The normalized spacial score (nSPS) is 19.8. The molecule has 0 unspecified atom stereocenters. The Labute approximate surface area is 112 Å². The summed E-state index contributed by atoms with van der Waals surface area (Å²) in [7, 11) is 2.26. The third kappa shape index (κ3) is 5.62. The number of rotatable bonds is 8. The maximum Gasteiger partial charge on any atom is -0.00139 e. The Kier molecular flexibility index (Phi) is 7.56. The van der Waals surface area contributed by atoms with E-state index >= 15 is 0 Å². The highest BCUT2D eigenvalue weighted by Crippen LogP contribution is 2.38. The van der Waals surface area contributed by atoms with Crippen molar-refractivity contribution in [3.05, 3.63) is 0 Å². The number of nitrogens with two attached hydrogens (primary N) is 1. The highest BCUT2D eigenvalue weighted by Gasteiger charge is 2.30. The molecule has 0 radical (unpaired) electrons. The van der Waals surface area contributed by atoms with Gasteiger partial charge in [-0.05, 0) is 69.8 Å². The molecule has 0 aromatic heterocycles. The fraction of sp³-hybridized carbons (Fsp3) is 1.00. The van der Waals surface area contributed by atoms with Gasteiger partial charge in [-0.3, -0.25) is 0 Å². The zero-order valence-corrected chi connectivity index (χ0v) is 12.5. The number of hydrogen-bond acceptors (Lipinski definition) is 3. The van der Waals surface area contributed by atoms with E-state index in [1.165, 1.54) is 63.8 Å². The van der Waals surface area contributed by atoms with E-state index in [-0.39, 0.29) is 0 Å². The molecule has 1 aliphatic rings. The third-order valence-electron chi connectivity index (χ3n) is 4.26.